The quantitative estimate of drug-likeness (QED) is 0.311. The number of rotatable bonds is 10. The molecule has 0 aliphatic heterocycles. The van der Waals surface area contributed by atoms with Gasteiger partial charge in [-0.3, -0.25) is 0 Å². The maximum absolute atomic E-state index is 5.66. The van der Waals surface area contributed by atoms with E-state index in [0.29, 0.717) is 0 Å². The molecule has 2 fully saturated rings. The number of unbranched alkanes of at least 4 members (excludes halogenated alkanes) is 1. The molecule has 0 aromatic carbocycles. The predicted octanol–water partition coefficient (Wildman–Crippen LogP) is 6.94. The van der Waals surface area contributed by atoms with Gasteiger partial charge in [0.05, 0.1) is 6.61 Å². The Balaban J connectivity index is 1.57. The molecule has 2 aliphatic carbocycles. The maximum atomic E-state index is 5.66. The summed E-state index contributed by atoms with van der Waals surface area (Å²) in [5.41, 5.74) is 0. The van der Waals surface area contributed by atoms with E-state index in [1.807, 2.05) is 6.08 Å². The first-order valence-corrected chi connectivity index (χ1v) is 10.7. The van der Waals surface area contributed by atoms with Gasteiger partial charge in [0.2, 0.25) is 0 Å². The topological polar surface area (TPSA) is 9.23 Å². The maximum Gasteiger partial charge on any atom is 0.0644 e. The van der Waals surface area contributed by atoms with Crippen LogP contribution >= 0.6 is 0 Å². The molecule has 138 valence electrons. The van der Waals surface area contributed by atoms with Crippen molar-refractivity contribution in [3.8, 4) is 0 Å². The van der Waals surface area contributed by atoms with Crippen molar-refractivity contribution in [2.24, 2.45) is 23.7 Å². The van der Waals surface area contributed by atoms with Gasteiger partial charge in [0.15, 0.2) is 0 Å². The molecule has 24 heavy (non-hydrogen) atoms. The van der Waals surface area contributed by atoms with Crippen molar-refractivity contribution in [3.63, 3.8) is 0 Å². The minimum atomic E-state index is 0.720. The fourth-order valence-corrected chi connectivity index (χ4v) is 4.83. The molecule has 0 heterocycles. The Kier molecular flexibility index (Phi) is 9.80. The Hall–Kier alpha value is -0.560. The van der Waals surface area contributed by atoms with Crippen molar-refractivity contribution in [3.05, 3.63) is 24.8 Å². The third-order valence-electron chi connectivity index (χ3n) is 6.40. The SMILES string of the molecule is C=CCOCC1CCC([C@H]2CC[C@H](CC/C=C/CCC)CC2)CC1. The van der Waals surface area contributed by atoms with Crippen molar-refractivity contribution in [1.29, 1.82) is 0 Å². The highest BCUT2D eigenvalue weighted by Gasteiger charge is 2.30. The Morgan fingerprint density at radius 1 is 0.833 bits per heavy atom. The Bertz CT molecular complexity index is 343. The largest absolute Gasteiger partial charge is 0.377 e. The highest BCUT2D eigenvalue weighted by Crippen LogP contribution is 2.42. The normalized spacial score (nSPS) is 31.4. The molecule has 0 radical (unpaired) electrons. The lowest BCUT2D eigenvalue weighted by Crippen LogP contribution is -2.27. The van der Waals surface area contributed by atoms with Gasteiger partial charge in [0.1, 0.15) is 0 Å². The number of hydrogen-bond acceptors (Lipinski definition) is 1. The summed E-state index contributed by atoms with van der Waals surface area (Å²) in [5, 5.41) is 0. The van der Waals surface area contributed by atoms with Crippen LogP contribution in [0.15, 0.2) is 24.8 Å². The average Bonchev–Trinajstić information content (AvgIpc) is 2.63. The summed E-state index contributed by atoms with van der Waals surface area (Å²) in [7, 11) is 0. The third-order valence-corrected chi connectivity index (χ3v) is 6.40. The summed E-state index contributed by atoms with van der Waals surface area (Å²) in [6, 6.07) is 0. The molecule has 0 bridgehead atoms. The van der Waals surface area contributed by atoms with Gasteiger partial charge in [-0.05, 0) is 81.5 Å². The molecule has 0 saturated heterocycles. The third kappa shape index (κ3) is 7.13. The number of allylic oxidation sites excluding steroid dienone is 2. The summed E-state index contributed by atoms with van der Waals surface area (Å²) in [4.78, 5) is 0. The predicted molar refractivity (Wildman–Crippen MR) is 105 cm³/mol. The van der Waals surface area contributed by atoms with Gasteiger partial charge in [-0.15, -0.1) is 6.58 Å². The van der Waals surface area contributed by atoms with Gasteiger partial charge >= 0.3 is 0 Å². The van der Waals surface area contributed by atoms with Gasteiger partial charge < -0.3 is 4.74 Å². The zero-order valence-electron chi connectivity index (χ0n) is 16.1. The molecular weight excluding hydrogens is 292 g/mol. The highest BCUT2D eigenvalue weighted by atomic mass is 16.5. The van der Waals surface area contributed by atoms with Crippen molar-refractivity contribution in [2.75, 3.05) is 13.2 Å². The summed E-state index contributed by atoms with van der Waals surface area (Å²) in [6.45, 7) is 7.66. The van der Waals surface area contributed by atoms with E-state index in [2.05, 4.69) is 25.7 Å². The fraction of sp³-hybridized carbons (Fsp3) is 0.826. The van der Waals surface area contributed by atoms with Crippen LogP contribution in [0.4, 0.5) is 0 Å². The molecule has 2 rings (SSSR count). The van der Waals surface area contributed by atoms with Crippen molar-refractivity contribution in [2.45, 2.75) is 84.0 Å². The van der Waals surface area contributed by atoms with E-state index in [4.69, 9.17) is 4.74 Å². The molecule has 0 spiro atoms. The molecule has 0 unspecified atom stereocenters. The standard InChI is InChI=1S/C23H40O/c1-3-5-6-7-8-9-20-10-14-22(15-11-20)23-16-12-21(13-17-23)19-24-18-4-2/h4,6-7,20-23H,2-3,5,8-19H2,1H3/b7-6+/t20-,21?,22-,23?. The molecule has 0 N–H and O–H groups in total. The lowest BCUT2D eigenvalue weighted by atomic mass is 9.69. The van der Waals surface area contributed by atoms with Crippen LogP contribution in [0.2, 0.25) is 0 Å². The lowest BCUT2D eigenvalue weighted by Gasteiger charge is -2.37. The summed E-state index contributed by atoms with van der Waals surface area (Å²) < 4.78 is 5.66. The Morgan fingerprint density at radius 3 is 2.00 bits per heavy atom. The van der Waals surface area contributed by atoms with Crippen LogP contribution in [0.25, 0.3) is 0 Å². The molecule has 0 amide bonds. The van der Waals surface area contributed by atoms with Crippen molar-refractivity contribution >= 4 is 0 Å². The van der Waals surface area contributed by atoms with E-state index < -0.39 is 0 Å². The molecular formula is C23H40O. The van der Waals surface area contributed by atoms with Crippen LogP contribution in [0.3, 0.4) is 0 Å². The number of ether oxygens (including phenoxy) is 1. The monoisotopic (exact) mass is 332 g/mol. The second-order valence-electron chi connectivity index (χ2n) is 8.23. The van der Waals surface area contributed by atoms with Crippen LogP contribution in [-0.4, -0.2) is 13.2 Å². The van der Waals surface area contributed by atoms with E-state index in [1.54, 1.807) is 0 Å². The van der Waals surface area contributed by atoms with Gasteiger partial charge in [-0.25, -0.2) is 0 Å². The number of hydrogen-bond donors (Lipinski definition) is 0. The van der Waals surface area contributed by atoms with Crippen molar-refractivity contribution in [1.82, 2.24) is 0 Å². The second-order valence-corrected chi connectivity index (χ2v) is 8.23. The molecule has 0 aromatic rings. The minimum Gasteiger partial charge on any atom is -0.377 e. The summed E-state index contributed by atoms with van der Waals surface area (Å²) in [6.07, 6.45) is 23.6. The second kappa shape index (κ2) is 11.9. The van der Waals surface area contributed by atoms with Crippen LogP contribution in [-0.2, 0) is 4.74 Å². The van der Waals surface area contributed by atoms with Crippen LogP contribution in [0.5, 0.6) is 0 Å². The molecule has 2 saturated carbocycles. The smallest absolute Gasteiger partial charge is 0.0644 e. The van der Waals surface area contributed by atoms with E-state index in [0.717, 1.165) is 36.9 Å². The summed E-state index contributed by atoms with van der Waals surface area (Å²) >= 11 is 0. The first-order chi connectivity index (χ1) is 11.8. The lowest BCUT2D eigenvalue weighted by molar-refractivity contribution is 0.0781. The Labute approximate surface area is 150 Å². The van der Waals surface area contributed by atoms with Gasteiger partial charge in [0.25, 0.3) is 0 Å². The van der Waals surface area contributed by atoms with Crippen LogP contribution in [0, 0.1) is 23.7 Å². The van der Waals surface area contributed by atoms with E-state index in [9.17, 15) is 0 Å². The van der Waals surface area contributed by atoms with Crippen LogP contribution < -0.4 is 0 Å². The van der Waals surface area contributed by atoms with E-state index in [1.165, 1.54) is 77.0 Å². The molecule has 0 atom stereocenters. The first kappa shape index (κ1) is 19.8. The fourth-order valence-electron chi connectivity index (χ4n) is 4.83. The molecule has 1 heteroatoms. The molecule has 2 aliphatic rings. The van der Waals surface area contributed by atoms with Gasteiger partial charge in [-0.1, -0.05) is 44.4 Å². The van der Waals surface area contributed by atoms with Crippen molar-refractivity contribution < 1.29 is 4.74 Å². The average molecular weight is 333 g/mol. The van der Waals surface area contributed by atoms with E-state index >= 15 is 0 Å². The first-order valence-electron chi connectivity index (χ1n) is 10.7. The molecule has 1 nitrogen and oxygen atoms in total. The molecule has 0 aromatic heterocycles. The zero-order chi connectivity index (χ0) is 17.0. The highest BCUT2D eigenvalue weighted by molar-refractivity contribution is 4.85. The van der Waals surface area contributed by atoms with Gasteiger partial charge in [-0.2, -0.15) is 0 Å². The van der Waals surface area contributed by atoms with E-state index in [-0.39, 0.29) is 0 Å². The minimum absolute atomic E-state index is 0.720. The summed E-state index contributed by atoms with van der Waals surface area (Å²) in [5.74, 6) is 3.88. The Morgan fingerprint density at radius 2 is 1.42 bits per heavy atom. The zero-order valence-corrected chi connectivity index (χ0v) is 16.1. The van der Waals surface area contributed by atoms with Crippen LogP contribution in [0.1, 0.15) is 84.0 Å². The van der Waals surface area contributed by atoms with Gasteiger partial charge in [0, 0.05) is 6.61 Å².